The van der Waals surface area contributed by atoms with Crippen molar-refractivity contribution in [2.75, 3.05) is 24.1 Å². The topological polar surface area (TPSA) is 64.1 Å². The Morgan fingerprint density at radius 3 is 2.85 bits per heavy atom. The summed E-state index contributed by atoms with van der Waals surface area (Å²) in [6.45, 7) is 3.63. The first-order valence-electron chi connectivity index (χ1n) is 4.54. The monoisotopic (exact) mass is 179 g/mol. The van der Waals surface area contributed by atoms with Gasteiger partial charge in [-0.2, -0.15) is 0 Å². The first kappa shape index (κ1) is 9.86. The third-order valence-electron chi connectivity index (χ3n) is 2.07. The summed E-state index contributed by atoms with van der Waals surface area (Å²) in [6.07, 6.45) is 0.980. The van der Waals surface area contributed by atoms with Gasteiger partial charge in [-0.05, 0) is 37.6 Å². The van der Waals surface area contributed by atoms with Crippen molar-refractivity contribution in [1.29, 1.82) is 0 Å². The van der Waals surface area contributed by atoms with Crippen LogP contribution in [0.4, 0.5) is 11.4 Å². The fourth-order valence-electron chi connectivity index (χ4n) is 1.17. The summed E-state index contributed by atoms with van der Waals surface area (Å²) in [5, 5.41) is 3.29. The molecule has 13 heavy (non-hydrogen) atoms. The Balaban J connectivity index is 2.61. The van der Waals surface area contributed by atoms with E-state index in [4.69, 9.17) is 11.5 Å². The summed E-state index contributed by atoms with van der Waals surface area (Å²) in [5.41, 5.74) is 14.2. The van der Waals surface area contributed by atoms with Crippen LogP contribution in [-0.2, 0) is 0 Å². The van der Waals surface area contributed by atoms with E-state index >= 15 is 0 Å². The van der Waals surface area contributed by atoms with Crippen LogP contribution >= 0.6 is 0 Å². The van der Waals surface area contributed by atoms with E-state index in [1.807, 2.05) is 25.1 Å². The van der Waals surface area contributed by atoms with Crippen LogP contribution < -0.4 is 16.8 Å². The largest absolute Gasteiger partial charge is 0.398 e. The van der Waals surface area contributed by atoms with Crippen LogP contribution in [0, 0.1) is 6.92 Å². The lowest BCUT2D eigenvalue weighted by Crippen LogP contribution is -2.09. The zero-order valence-electron chi connectivity index (χ0n) is 8.01. The van der Waals surface area contributed by atoms with Crippen molar-refractivity contribution in [3.8, 4) is 0 Å². The van der Waals surface area contributed by atoms with Crippen molar-refractivity contribution in [2.24, 2.45) is 5.73 Å². The molecule has 0 saturated carbocycles. The fourth-order valence-corrected chi connectivity index (χ4v) is 1.17. The molecule has 0 atom stereocenters. The molecular weight excluding hydrogens is 162 g/mol. The van der Waals surface area contributed by atoms with Gasteiger partial charge in [0, 0.05) is 17.9 Å². The Morgan fingerprint density at radius 2 is 2.15 bits per heavy atom. The third-order valence-corrected chi connectivity index (χ3v) is 2.07. The number of rotatable bonds is 4. The predicted molar refractivity (Wildman–Crippen MR) is 57.8 cm³/mol. The maximum Gasteiger partial charge on any atom is 0.0390 e. The van der Waals surface area contributed by atoms with E-state index in [-0.39, 0.29) is 0 Å². The van der Waals surface area contributed by atoms with Crippen molar-refractivity contribution in [3.63, 3.8) is 0 Å². The second-order valence-electron chi connectivity index (χ2n) is 3.09. The lowest BCUT2D eigenvalue weighted by atomic mass is 10.1. The van der Waals surface area contributed by atoms with Gasteiger partial charge in [0.05, 0.1) is 0 Å². The van der Waals surface area contributed by atoms with E-state index < -0.39 is 0 Å². The lowest BCUT2D eigenvalue weighted by molar-refractivity contribution is 0.873. The van der Waals surface area contributed by atoms with Gasteiger partial charge >= 0.3 is 0 Å². The molecule has 0 saturated heterocycles. The summed E-state index contributed by atoms with van der Waals surface area (Å²) in [7, 11) is 0. The highest BCUT2D eigenvalue weighted by atomic mass is 14.9. The predicted octanol–water partition coefficient (Wildman–Crippen LogP) is 1.34. The van der Waals surface area contributed by atoms with E-state index in [1.54, 1.807) is 0 Å². The fraction of sp³-hybridized carbons (Fsp3) is 0.400. The lowest BCUT2D eigenvalue weighted by Gasteiger charge is -2.10. The van der Waals surface area contributed by atoms with Crippen LogP contribution in [0.2, 0.25) is 0 Å². The molecule has 0 fully saturated rings. The van der Waals surface area contributed by atoms with Gasteiger partial charge in [0.15, 0.2) is 0 Å². The minimum Gasteiger partial charge on any atom is -0.398 e. The molecule has 0 aliphatic carbocycles. The van der Waals surface area contributed by atoms with E-state index in [9.17, 15) is 0 Å². The SMILES string of the molecule is Cc1c(N)cccc1NCCCN. The number of nitrogens with one attached hydrogen (secondary N) is 1. The second-order valence-corrected chi connectivity index (χ2v) is 3.09. The first-order chi connectivity index (χ1) is 6.25. The number of benzene rings is 1. The van der Waals surface area contributed by atoms with Crippen molar-refractivity contribution in [2.45, 2.75) is 13.3 Å². The molecule has 0 amide bonds. The van der Waals surface area contributed by atoms with Crippen molar-refractivity contribution in [3.05, 3.63) is 23.8 Å². The van der Waals surface area contributed by atoms with Gasteiger partial charge in [-0.25, -0.2) is 0 Å². The standard InChI is InChI=1S/C10H17N3/c1-8-9(12)4-2-5-10(8)13-7-3-6-11/h2,4-5,13H,3,6-7,11-12H2,1H3. The zero-order valence-corrected chi connectivity index (χ0v) is 8.01. The highest BCUT2D eigenvalue weighted by molar-refractivity contribution is 5.62. The second kappa shape index (κ2) is 4.72. The number of hydrogen-bond acceptors (Lipinski definition) is 3. The molecule has 3 heteroatoms. The van der Waals surface area contributed by atoms with E-state index in [1.165, 1.54) is 0 Å². The molecule has 0 unspecified atom stereocenters. The minimum atomic E-state index is 0.717. The van der Waals surface area contributed by atoms with Crippen molar-refractivity contribution in [1.82, 2.24) is 0 Å². The Hall–Kier alpha value is -1.22. The maximum atomic E-state index is 5.76. The third kappa shape index (κ3) is 2.63. The van der Waals surface area contributed by atoms with Crippen LogP contribution in [0.25, 0.3) is 0 Å². The van der Waals surface area contributed by atoms with Gasteiger partial charge in [0.2, 0.25) is 0 Å². The minimum absolute atomic E-state index is 0.717. The quantitative estimate of drug-likeness (QED) is 0.482. The van der Waals surface area contributed by atoms with E-state index in [2.05, 4.69) is 5.32 Å². The molecule has 3 nitrogen and oxygen atoms in total. The van der Waals surface area contributed by atoms with Gasteiger partial charge in [0.25, 0.3) is 0 Å². The Kier molecular flexibility index (Phi) is 3.58. The highest BCUT2D eigenvalue weighted by Gasteiger charge is 1.98. The van der Waals surface area contributed by atoms with Gasteiger partial charge in [-0.15, -0.1) is 0 Å². The summed E-state index contributed by atoms with van der Waals surface area (Å²) < 4.78 is 0. The Bertz CT molecular complexity index is 271. The maximum absolute atomic E-state index is 5.76. The van der Waals surface area contributed by atoms with Crippen LogP contribution in [0.1, 0.15) is 12.0 Å². The smallest absolute Gasteiger partial charge is 0.0390 e. The van der Waals surface area contributed by atoms with E-state index in [0.29, 0.717) is 6.54 Å². The molecule has 72 valence electrons. The van der Waals surface area contributed by atoms with Crippen LogP contribution in [0.3, 0.4) is 0 Å². The van der Waals surface area contributed by atoms with Gasteiger partial charge in [-0.3, -0.25) is 0 Å². The Labute approximate surface area is 79.1 Å². The molecule has 0 radical (unpaired) electrons. The normalized spacial score (nSPS) is 10.0. The van der Waals surface area contributed by atoms with Crippen LogP contribution in [0.15, 0.2) is 18.2 Å². The van der Waals surface area contributed by atoms with Gasteiger partial charge < -0.3 is 16.8 Å². The van der Waals surface area contributed by atoms with Crippen molar-refractivity contribution < 1.29 is 0 Å². The van der Waals surface area contributed by atoms with Crippen LogP contribution in [-0.4, -0.2) is 13.1 Å². The molecule has 1 aromatic rings. The molecule has 0 heterocycles. The molecular formula is C10H17N3. The molecule has 1 rings (SSSR count). The molecule has 0 aliphatic rings. The summed E-state index contributed by atoms with van der Waals surface area (Å²) in [5.74, 6) is 0. The number of nitrogen functional groups attached to an aromatic ring is 1. The molecule has 0 aromatic heterocycles. The summed E-state index contributed by atoms with van der Waals surface area (Å²) in [6, 6.07) is 5.89. The molecule has 0 aliphatic heterocycles. The molecule has 0 bridgehead atoms. The number of nitrogens with two attached hydrogens (primary N) is 2. The van der Waals surface area contributed by atoms with Crippen LogP contribution in [0.5, 0.6) is 0 Å². The number of hydrogen-bond donors (Lipinski definition) is 3. The zero-order chi connectivity index (χ0) is 9.68. The van der Waals surface area contributed by atoms with E-state index in [0.717, 1.165) is 29.9 Å². The molecule has 1 aromatic carbocycles. The highest BCUT2D eigenvalue weighted by Crippen LogP contribution is 2.19. The number of anilines is 2. The first-order valence-corrected chi connectivity index (χ1v) is 4.54. The molecule has 5 N–H and O–H groups in total. The average Bonchev–Trinajstić information content (AvgIpc) is 2.13. The van der Waals surface area contributed by atoms with Crippen molar-refractivity contribution >= 4 is 11.4 Å². The molecule has 0 spiro atoms. The summed E-state index contributed by atoms with van der Waals surface area (Å²) >= 11 is 0. The Morgan fingerprint density at radius 1 is 1.38 bits per heavy atom. The van der Waals surface area contributed by atoms with Gasteiger partial charge in [0.1, 0.15) is 0 Å². The summed E-state index contributed by atoms with van der Waals surface area (Å²) in [4.78, 5) is 0. The average molecular weight is 179 g/mol. The van der Waals surface area contributed by atoms with Gasteiger partial charge in [-0.1, -0.05) is 6.07 Å².